The third kappa shape index (κ3) is 51.4. The number of phosphoric ester groups is 1. The topological polar surface area (TPSA) is 108 Å². The summed E-state index contributed by atoms with van der Waals surface area (Å²) in [6.07, 6.45) is 68.0. The quantitative estimate of drug-likeness (QED) is 0.0272. The molecule has 0 aromatic carbocycles. The average molecular weight is 957 g/mol. The molecule has 1 amide bonds. The second-order valence-corrected chi connectivity index (χ2v) is 20.9. The molecule has 0 saturated heterocycles. The number of nitrogens with one attached hydrogen (secondary N) is 1. The van der Waals surface area contributed by atoms with Crippen LogP contribution in [0.5, 0.6) is 0 Å². The molecule has 3 unspecified atom stereocenters. The molecule has 0 aliphatic rings. The number of carbonyl (C=O) groups is 1. The Hall–Kier alpha value is -2.32. The van der Waals surface area contributed by atoms with Crippen LogP contribution in [0, 0.1) is 0 Å². The molecular formula is C58H105N2O6P. The SMILES string of the molecule is CC/C=C\C/C=C\C/C=C\C/C=C\CCCCCCCCCCCCCCCCC(=O)NC(COP(=O)([O-])OCC[N+](C)(C)C)C(O)/C=C/CC/C=C/CC/C=C/CCCCCCCCCC. The summed E-state index contributed by atoms with van der Waals surface area (Å²) in [6.45, 7) is 4.50. The summed E-state index contributed by atoms with van der Waals surface area (Å²) in [5.41, 5.74) is 0. The molecule has 0 spiro atoms. The Morgan fingerprint density at radius 1 is 0.537 bits per heavy atom. The standard InChI is InChI=1S/C58H105N2O6P/c1-6-8-10-12-14-16-18-20-22-24-26-27-28-29-30-31-32-33-34-36-38-40-42-44-46-48-50-52-58(62)59-56(55-66-67(63,64)65-54-53-60(3,4)5)57(61)51-49-47-45-43-41-39-37-35-25-23-21-19-17-15-13-11-9-7-2/h8,10,14,16,20,22,25-27,35,41,43,49,51,56-57,61H,6-7,9,11-13,15,17-19,21,23-24,28-34,36-40,42,44-48,50,52-55H2,1-5H3,(H-,59,62,63,64)/b10-8-,16-14-,22-20-,27-26-,35-25+,43-41+,51-49+. The molecule has 0 radical (unpaired) electrons. The Morgan fingerprint density at radius 2 is 0.925 bits per heavy atom. The van der Waals surface area contributed by atoms with Crippen molar-refractivity contribution in [3.63, 3.8) is 0 Å². The number of quaternary nitrogens is 1. The first-order valence-corrected chi connectivity index (χ1v) is 28.9. The fourth-order valence-electron chi connectivity index (χ4n) is 7.53. The Balaban J connectivity index is 4.27. The number of nitrogens with zero attached hydrogens (tertiary/aromatic N) is 1. The molecule has 0 fully saturated rings. The molecule has 0 aliphatic heterocycles. The van der Waals surface area contributed by atoms with E-state index in [1.54, 1.807) is 6.08 Å². The lowest BCUT2D eigenvalue weighted by molar-refractivity contribution is -0.870. The van der Waals surface area contributed by atoms with Crippen LogP contribution in [0.15, 0.2) is 85.1 Å². The highest BCUT2D eigenvalue weighted by Gasteiger charge is 2.23. The number of rotatable bonds is 49. The van der Waals surface area contributed by atoms with E-state index in [2.05, 4.69) is 92.1 Å². The number of hydrogen-bond acceptors (Lipinski definition) is 6. The molecule has 8 nitrogen and oxygen atoms in total. The lowest BCUT2D eigenvalue weighted by Crippen LogP contribution is -2.45. The van der Waals surface area contributed by atoms with Gasteiger partial charge in [0.15, 0.2) is 0 Å². The van der Waals surface area contributed by atoms with Crippen LogP contribution in [-0.2, 0) is 18.4 Å². The van der Waals surface area contributed by atoms with Crippen LogP contribution in [0.25, 0.3) is 0 Å². The number of hydrogen-bond donors (Lipinski definition) is 2. The minimum atomic E-state index is -4.61. The molecule has 0 aliphatic carbocycles. The van der Waals surface area contributed by atoms with E-state index in [1.165, 1.54) is 135 Å². The summed E-state index contributed by atoms with van der Waals surface area (Å²) in [6, 6.07) is -0.914. The van der Waals surface area contributed by atoms with E-state index in [1.807, 2.05) is 27.2 Å². The van der Waals surface area contributed by atoms with Gasteiger partial charge in [-0.2, -0.15) is 0 Å². The molecule has 2 N–H and O–H groups in total. The van der Waals surface area contributed by atoms with Crippen molar-refractivity contribution in [3.8, 4) is 0 Å². The van der Waals surface area contributed by atoms with E-state index in [4.69, 9.17) is 9.05 Å². The molecular weight excluding hydrogens is 852 g/mol. The minimum Gasteiger partial charge on any atom is -0.756 e. The van der Waals surface area contributed by atoms with Crippen LogP contribution >= 0.6 is 7.82 Å². The van der Waals surface area contributed by atoms with Gasteiger partial charge in [0.25, 0.3) is 7.82 Å². The normalized spacial score (nSPS) is 14.7. The summed E-state index contributed by atoms with van der Waals surface area (Å²) < 4.78 is 23.3. The maximum Gasteiger partial charge on any atom is 0.268 e. The minimum absolute atomic E-state index is 0.0121. The highest BCUT2D eigenvalue weighted by molar-refractivity contribution is 7.45. The van der Waals surface area contributed by atoms with Gasteiger partial charge in [-0.05, 0) is 83.5 Å². The highest BCUT2D eigenvalue weighted by Crippen LogP contribution is 2.38. The van der Waals surface area contributed by atoms with Gasteiger partial charge in [0.2, 0.25) is 5.91 Å². The van der Waals surface area contributed by atoms with Gasteiger partial charge in [-0.15, -0.1) is 0 Å². The molecule has 67 heavy (non-hydrogen) atoms. The van der Waals surface area contributed by atoms with Crippen LogP contribution in [0.3, 0.4) is 0 Å². The second-order valence-electron chi connectivity index (χ2n) is 19.5. The van der Waals surface area contributed by atoms with Gasteiger partial charge in [-0.25, -0.2) is 0 Å². The average Bonchev–Trinajstić information content (AvgIpc) is 3.29. The van der Waals surface area contributed by atoms with E-state index in [0.29, 0.717) is 17.4 Å². The Morgan fingerprint density at radius 3 is 1.39 bits per heavy atom. The lowest BCUT2D eigenvalue weighted by Gasteiger charge is -2.29. The summed E-state index contributed by atoms with van der Waals surface area (Å²) in [5, 5.41) is 13.8. The fourth-order valence-corrected chi connectivity index (χ4v) is 8.25. The van der Waals surface area contributed by atoms with E-state index in [9.17, 15) is 19.4 Å². The third-order valence-electron chi connectivity index (χ3n) is 11.8. The maximum absolute atomic E-state index is 12.9. The van der Waals surface area contributed by atoms with Crippen molar-refractivity contribution in [2.75, 3.05) is 40.9 Å². The largest absolute Gasteiger partial charge is 0.756 e. The van der Waals surface area contributed by atoms with Crippen molar-refractivity contribution in [3.05, 3.63) is 85.1 Å². The van der Waals surface area contributed by atoms with Gasteiger partial charge in [0.05, 0.1) is 39.9 Å². The highest BCUT2D eigenvalue weighted by atomic mass is 31.2. The number of likely N-dealkylation sites (N-methyl/N-ethyl adjacent to an activating group) is 1. The van der Waals surface area contributed by atoms with Gasteiger partial charge in [0.1, 0.15) is 13.2 Å². The predicted molar refractivity (Wildman–Crippen MR) is 288 cm³/mol. The number of amides is 1. The summed E-state index contributed by atoms with van der Waals surface area (Å²) in [7, 11) is 1.23. The number of carbonyl (C=O) groups excluding carboxylic acids is 1. The smallest absolute Gasteiger partial charge is 0.268 e. The van der Waals surface area contributed by atoms with Gasteiger partial charge in [-0.3, -0.25) is 9.36 Å². The number of aliphatic hydroxyl groups is 1. The van der Waals surface area contributed by atoms with Crippen molar-refractivity contribution < 1.29 is 32.9 Å². The third-order valence-corrected chi connectivity index (χ3v) is 12.8. The molecule has 0 bridgehead atoms. The Kier molecular flexibility index (Phi) is 47.0. The van der Waals surface area contributed by atoms with Crippen LogP contribution < -0.4 is 10.2 Å². The number of aliphatic hydroxyl groups excluding tert-OH is 1. The predicted octanol–water partition coefficient (Wildman–Crippen LogP) is 15.8. The molecule has 0 aromatic rings. The van der Waals surface area contributed by atoms with Gasteiger partial charge in [-0.1, -0.05) is 221 Å². The second kappa shape index (κ2) is 48.7. The molecule has 0 aromatic heterocycles. The van der Waals surface area contributed by atoms with E-state index in [-0.39, 0.29) is 12.5 Å². The van der Waals surface area contributed by atoms with E-state index < -0.39 is 26.6 Å². The van der Waals surface area contributed by atoms with Crippen molar-refractivity contribution in [1.82, 2.24) is 5.32 Å². The zero-order chi connectivity index (χ0) is 49.2. The fraction of sp³-hybridized carbons (Fsp3) is 0.741. The molecule has 3 atom stereocenters. The number of allylic oxidation sites excluding steroid dienone is 13. The monoisotopic (exact) mass is 957 g/mol. The molecule has 388 valence electrons. The number of phosphoric acid groups is 1. The lowest BCUT2D eigenvalue weighted by atomic mass is 10.0. The molecule has 0 saturated carbocycles. The Labute approximate surface area is 414 Å². The van der Waals surface area contributed by atoms with Gasteiger partial charge >= 0.3 is 0 Å². The number of unbranched alkanes of at least 4 members (excludes halogenated alkanes) is 24. The molecule has 0 heterocycles. The van der Waals surface area contributed by atoms with Crippen molar-refractivity contribution >= 4 is 13.7 Å². The van der Waals surface area contributed by atoms with Crippen molar-refractivity contribution in [1.29, 1.82) is 0 Å². The van der Waals surface area contributed by atoms with Crippen LogP contribution in [-0.4, -0.2) is 68.5 Å². The van der Waals surface area contributed by atoms with E-state index >= 15 is 0 Å². The zero-order valence-corrected chi connectivity index (χ0v) is 45.0. The van der Waals surface area contributed by atoms with Crippen molar-refractivity contribution in [2.24, 2.45) is 0 Å². The van der Waals surface area contributed by atoms with Gasteiger partial charge < -0.3 is 28.8 Å². The first kappa shape index (κ1) is 64.7. The summed E-state index contributed by atoms with van der Waals surface area (Å²) in [4.78, 5) is 25.5. The van der Waals surface area contributed by atoms with Crippen molar-refractivity contribution in [2.45, 2.75) is 238 Å². The maximum atomic E-state index is 12.9. The van der Waals surface area contributed by atoms with E-state index in [0.717, 1.165) is 70.6 Å². The van der Waals surface area contributed by atoms with Crippen LogP contribution in [0.1, 0.15) is 226 Å². The van der Waals surface area contributed by atoms with Crippen LogP contribution in [0.2, 0.25) is 0 Å². The summed E-state index contributed by atoms with van der Waals surface area (Å²) in [5.74, 6) is -0.214. The molecule has 0 rings (SSSR count). The summed E-state index contributed by atoms with van der Waals surface area (Å²) >= 11 is 0. The first-order chi connectivity index (χ1) is 32.5. The van der Waals surface area contributed by atoms with Crippen LogP contribution in [0.4, 0.5) is 0 Å². The first-order valence-electron chi connectivity index (χ1n) is 27.4. The Bertz CT molecular complexity index is 1360. The van der Waals surface area contributed by atoms with Gasteiger partial charge in [0, 0.05) is 6.42 Å². The molecule has 9 heteroatoms. The zero-order valence-electron chi connectivity index (χ0n) is 44.1.